The van der Waals surface area contributed by atoms with Crippen LogP contribution < -0.4 is 14.8 Å². The van der Waals surface area contributed by atoms with E-state index in [0.29, 0.717) is 54.0 Å². The lowest BCUT2D eigenvalue weighted by molar-refractivity contribution is -0.134. The number of unbranched alkanes of at least 4 members (excludes halogenated alkanes) is 3. The average molecular weight is 749 g/mol. The van der Waals surface area contributed by atoms with Gasteiger partial charge in [-0.2, -0.15) is 0 Å². The lowest BCUT2D eigenvalue weighted by atomic mass is 9.85. The molecule has 4 aliphatic heterocycles. The summed E-state index contributed by atoms with van der Waals surface area (Å²) in [5, 5.41) is 2.48. The molecular formula is C45H56N4O6. The highest BCUT2D eigenvalue weighted by Crippen LogP contribution is 2.34. The normalized spacial score (nSPS) is 20.2. The average Bonchev–Trinajstić information content (AvgIpc) is 3.44. The molecule has 0 radical (unpaired) electrons. The van der Waals surface area contributed by atoms with Gasteiger partial charge in [-0.3, -0.25) is 29.4 Å². The Morgan fingerprint density at radius 1 is 0.709 bits per heavy atom. The summed E-state index contributed by atoms with van der Waals surface area (Å²) in [4.78, 5) is 57.0. The second kappa shape index (κ2) is 17.9. The van der Waals surface area contributed by atoms with Gasteiger partial charge in [-0.1, -0.05) is 49.2 Å². The number of methoxy groups -OCH3 is 1. The molecule has 292 valence electrons. The fraction of sp³-hybridized carbons (Fsp3) is 0.511. The van der Waals surface area contributed by atoms with Crippen molar-refractivity contribution in [3.8, 4) is 11.5 Å². The molecule has 0 saturated carbocycles. The molecule has 0 spiro atoms. The predicted molar refractivity (Wildman–Crippen MR) is 212 cm³/mol. The minimum Gasteiger partial charge on any atom is -0.493 e. The van der Waals surface area contributed by atoms with E-state index in [1.807, 2.05) is 43.3 Å². The van der Waals surface area contributed by atoms with Crippen LogP contribution in [-0.4, -0.2) is 90.8 Å². The Morgan fingerprint density at radius 3 is 2.15 bits per heavy atom. The zero-order valence-electron chi connectivity index (χ0n) is 32.5. The van der Waals surface area contributed by atoms with Gasteiger partial charge in [0.2, 0.25) is 11.8 Å². The number of aryl methyl sites for hydroxylation is 1. The maximum Gasteiger partial charge on any atom is 0.261 e. The highest BCUT2D eigenvalue weighted by molar-refractivity contribution is 6.21. The molecule has 10 heteroatoms. The van der Waals surface area contributed by atoms with Gasteiger partial charge in [0.1, 0.15) is 0 Å². The fourth-order valence-electron chi connectivity index (χ4n) is 9.04. The molecule has 1 atom stereocenters. The highest BCUT2D eigenvalue weighted by atomic mass is 16.5. The number of hydrogen-bond acceptors (Lipinski definition) is 8. The molecule has 3 aromatic carbocycles. The van der Waals surface area contributed by atoms with Crippen LogP contribution in [0.25, 0.3) is 0 Å². The molecule has 3 aromatic rings. The standard InChI is InChI=1S/C45H56N4O6/c1-3-55-41-29-32(10-17-40(41)54-2)30-49-44(52)38-15-9-31(28-39(38)45(49)53)8-6-4-5-7-23-47-24-21-36(22-25-47)48-26-19-34(20-27-48)33-11-13-35(14-12-33)37-16-18-42(50)46-43(37)51/h9-15,17,28-29,34,36-37H,3-8,16,18-27,30H2,1-2H3,(H,46,50,51). The third-order valence-corrected chi connectivity index (χ3v) is 12.2. The molecule has 10 nitrogen and oxygen atoms in total. The van der Waals surface area contributed by atoms with Crippen LogP contribution in [0.2, 0.25) is 0 Å². The lowest BCUT2D eigenvalue weighted by Gasteiger charge is -2.42. The Bertz CT molecular complexity index is 1840. The monoisotopic (exact) mass is 748 g/mol. The number of carbonyl (C=O) groups excluding carboxylic acids is 4. The van der Waals surface area contributed by atoms with Crippen molar-refractivity contribution >= 4 is 23.6 Å². The van der Waals surface area contributed by atoms with E-state index in [1.165, 1.54) is 62.1 Å². The Hall–Kier alpha value is -4.54. The van der Waals surface area contributed by atoms with E-state index >= 15 is 0 Å². The van der Waals surface area contributed by atoms with Crippen LogP contribution in [0.1, 0.15) is 126 Å². The number of imide groups is 2. The number of hydrogen-bond donors (Lipinski definition) is 1. The van der Waals surface area contributed by atoms with E-state index in [0.717, 1.165) is 55.6 Å². The molecule has 0 bridgehead atoms. The summed E-state index contributed by atoms with van der Waals surface area (Å²) in [5.74, 6) is 0.757. The van der Waals surface area contributed by atoms with Gasteiger partial charge in [-0.15, -0.1) is 0 Å². The van der Waals surface area contributed by atoms with E-state index in [-0.39, 0.29) is 36.1 Å². The van der Waals surface area contributed by atoms with Crippen LogP contribution >= 0.6 is 0 Å². The lowest BCUT2D eigenvalue weighted by Crippen LogP contribution is -2.47. The summed E-state index contributed by atoms with van der Waals surface area (Å²) in [5.41, 5.74) is 5.30. The second-order valence-corrected chi connectivity index (χ2v) is 15.7. The van der Waals surface area contributed by atoms with Gasteiger partial charge in [0, 0.05) is 12.5 Å². The molecule has 3 saturated heterocycles. The summed E-state index contributed by atoms with van der Waals surface area (Å²) < 4.78 is 11.1. The smallest absolute Gasteiger partial charge is 0.261 e. The summed E-state index contributed by atoms with van der Waals surface area (Å²) in [7, 11) is 1.59. The van der Waals surface area contributed by atoms with Crippen LogP contribution in [-0.2, 0) is 22.6 Å². The number of nitrogens with one attached hydrogen (secondary N) is 1. The molecule has 3 fully saturated rings. The number of piperidine rings is 3. The van der Waals surface area contributed by atoms with E-state index in [1.54, 1.807) is 7.11 Å². The van der Waals surface area contributed by atoms with Gasteiger partial charge in [0.15, 0.2) is 11.5 Å². The molecular weight excluding hydrogens is 693 g/mol. The number of nitrogens with zero attached hydrogens (tertiary/aromatic N) is 3. The second-order valence-electron chi connectivity index (χ2n) is 15.7. The third-order valence-electron chi connectivity index (χ3n) is 12.2. The van der Waals surface area contributed by atoms with E-state index in [9.17, 15) is 19.2 Å². The molecule has 1 N–H and O–H groups in total. The van der Waals surface area contributed by atoms with Crippen LogP contribution in [0.5, 0.6) is 11.5 Å². The summed E-state index contributed by atoms with van der Waals surface area (Å²) in [6.45, 7) is 8.40. The van der Waals surface area contributed by atoms with Crippen molar-refractivity contribution in [2.24, 2.45) is 0 Å². The molecule has 7 rings (SSSR count). The van der Waals surface area contributed by atoms with Crippen molar-refractivity contribution in [1.82, 2.24) is 20.0 Å². The van der Waals surface area contributed by atoms with E-state index in [2.05, 4.69) is 39.4 Å². The molecule has 4 amide bonds. The maximum absolute atomic E-state index is 13.3. The van der Waals surface area contributed by atoms with Gasteiger partial charge in [-0.05, 0) is 143 Å². The first-order valence-corrected chi connectivity index (χ1v) is 20.5. The molecule has 1 unspecified atom stereocenters. The SMILES string of the molecule is CCOc1cc(CN2C(=O)c3ccc(CCCCCCN4CCC(N5CCC(c6ccc(C7CCC(=O)NC7=O)cc6)CC5)CC4)cc3C2=O)ccc1OC. The third kappa shape index (κ3) is 9.13. The van der Waals surface area contributed by atoms with Crippen molar-refractivity contribution in [2.45, 2.75) is 102 Å². The number of fused-ring (bicyclic) bond motifs is 1. The molecule has 4 heterocycles. The van der Waals surface area contributed by atoms with Crippen molar-refractivity contribution < 1.29 is 28.7 Å². The van der Waals surface area contributed by atoms with Gasteiger partial charge in [0.05, 0.1) is 37.3 Å². The van der Waals surface area contributed by atoms with Gasteiger partial charge < -0.3 is 19.3 Å². The number of carbonyl (C=O) groups is 4. The first-order chi connectivity index (χ1) is 26.8. The van der Waals surface area contributed by atoms with Crippen LogP contribution in [0, 0.1) is 0 Å². The topological polar surface area (TPSA) is 108 Å². The van der Waals surface area contributed by atoms with Gasteiger partial charge >= 0.3 is 0 Å². The maximum atomic E-state index is 13.3. The molecule has 4 aliphatic rings. The van der Waals surface area contributed by atoms with Crippen molar-refractivity contribution in [1.29, 1.82) is 0 Å². The fourth-order valence-corrected chi connectivity index (χ4v) is 9.04. The van der Waals surface area contributed by atoms with Crippen LogP contribution in [0.4, 0.5) is 0 Å². The van der Waals surface area contributed by atoms with E-state index < -0.39 is 0 Å². The van der Waals surface area contributed by atoms with Crippen molar-refractivity contribution in [3.05, 3.63) is 94.0 Å². The Kier molecular flexibility index (Phi) is 12.6. The first kappa shape index (κ1) is 38.7. The Labute approximate surface area is 325 Å². The van der Waals surface area contributed by atoms with Crippen LogP contribution in [0.3, 0.4) is 0 Å². The quantitative estimate of drug-likeness (QED) is 0.133. The predicted octanol–water partition coefficient (Wildman–Crippen LogP) is 6.86. The summed E-state index contributed by atoms with van der Waals surface area (Å²) in [6.07, 6.45) is 11.4. The minimum absolute atomic E-state index is 0.166. The van der Waals surface area contributed by atoms with Crippen molar-refractivity contribution in [2.75, 3.05) is 46.4 Å². The molecule has 0 aromatic heterocycles. The minimum atomic E-state index is -0.248. The first-order valence-electron chi connectivity index (χ1n) is 20.5. The number of ether oxygens (including phenoxy) is 2. The number of likely N-dealkylation sites (tertiary alicyclic amines) is 2. The summed E-state index contributed by atoms with van der Waals surface area (Å²) in [6, 6.07) is 20.5. The largest absolute Gasteiger partial charge is 0.493 e. The Balaban J connectivity index is 0.777. The summed E-state index contributed by atoms with van der Waals surface area (Å²) >= 11 is 0. The zero-order valence-corrected chi connectivity index (χ0v) is 32.5. The zero-order chi connectivity index (χ0) is 38.3. The van der Waals surface area contributed by atoms with E-state index in [4.69, 9.17) is 9.47 Å². The van der Waals surface area contributed by atoms with Gasteiger partial charge in [-0.25, -0.2) is 0 Å². The Morgan fingerprint density at radius 2 is 1.42 bits per heavy atom. The number of benzene rings is 3. The molecule has 55 heavy (non-hydrogen) atoms. The van der Waals surface area contributed by atoms with Gasteiger partial charge in [0.25, 0.3) is 11.8 Å². The highest BCUT2D eigenvalue weighted by Gasteiger charge is 2.36. The van der Waals surface area contributed by atoms with Crippen LogP contribution in [0.15, 0.2) is 60.7 Å². The van der Waals surface area contributed by atoms with Crippen molar-refractivity contribution in [3.63, 3.8) is 0 Å². The number of rotatable bonds is 15. The molecule has 0 aliphatic carbocycles. The number of amides is 4.